The van der Waals surface area contributed by atoms with E-state index in [-0.39, 0.29) is 17.7 Å². The lowest BCUT2D eigenvalue weighted by Crippen LogP contribution is -2.35. The predicted octanol–water partition coefficient (Wildman–Crippen LogP) is 2.32. The molecule has 2 amide bonds. The second-order valence-corrected chi connectivity index (χ2v) is 8.24. The van der Waals surface area contributed by atoms with E-state index in [2.05, 4.69) is 20.0 Å². The van der Waals surface area contributed by atoms with Crippen LogP contribution in [0.5, 0.6) is 0 Å². The first-order valence-corrected chi connectivity index (χ1v) is 10.8. The minimum atomic E-state index is -0.150. The van der Waals surface area contributed by atoms with Gasteiger partial charge in [-0.1, -0.05) is 17.3 Å². The van der Waals surface area contributed by atoms with Crippen molar-refractivity contribution in [3.63, 3.8) is 0 Å². The molecule has 3 heterocycles. The molecule has 1 N–H and O–H groups in total. The Balaban J connectivity index is 1.23. The van der Waals surface area contributed by atoms with Gasteiger partial charge in [0.25, 0.3) is 0 Å². The molecular weight excluding hydrogens is 394 g/mol. The van der Waals surface area contributed by atoms with Crippen molar-refractivity contribution in [1.82, 2.24) is 24.9 Å². The Morgan fingerprint density at radius 1 is 1.23 bits per heavy atom. The van der Waals surface area contributed by atoms with Crippen molar-refractivity contribution in [2.24, 2.45) is 13.0 Å². The van der Waals surface area contributed by atoms with Crippen LogP contribution in [0, 0.1) is 19.8 Å². The topological polar surface area (TPSA) is 93.3 Å². The normalized spacial score (nSPS) is 16.2. The van der Waals surface area contributed by atoms with Crippen molar-refractivity contribution in [3.8, 4) is 0 Å². The van der Waals surface area contributed by atoms with Crippen LogP contribution in [0.1, 0.15) is 35.7 Å². The highest BCUT2D eigenvalue weighted by Crippen LogP contribution is 2.20. The first-order valence-electron chi connectivity index (χ1n) is 10.8. The number of nitrogens with one attached hydrogen (secondary N) is 1. The first-order chi connectivity index (χ1) is 14.9. The van der Waals surface area contributed by atoms with Crippen LogP contribution in [0.3, 0.4) is 0 Å². The Morgan fingerprint density at radius 2 is 2.03 bits per heavy atom. The molecule has 0 aliphatic carbocycles. The van der Waals surface area contributed by atoms with Crippen molar-refractivity contribution in [2.45, 2.75) is 39.5 Å². The van der Waals surface area contributed by atoms with Crippen molar-refractivity contribution >= 4 is 22.8 Å². The number of likely N-dealkylation sites (tertiary alicyclic amines) is 1. The van der Waals surface area contributed by atoms with Crippen LogP contribution in [0.2, 0.25) is 0 Å². The summed E-state index contributed by atoms with van der Waals surface area (Å²) in [5, 5.41) is 6.96. The third-order valence-corrected chi connectivity index (χ3v) is 6.21. The highest BCUT2D eigenvalue weighted by Gasteiger charge is 2.30. The van der Waals surface area contributed by atoms with Gasteiger partial charge in [0.1, 0.15) is 11.6 Å². The highest BCUT2D eigenvalue weighted by molar-refractivity contribution is 5.82. The summed E-state index contributed by atoms with van der Waals surface area (Å²) in [6, 6.07) is 8.01. The summed E-state index contributed by atoms with van der Waals surface area (Å²) in [6.45, 7) is 5.40. The third kappa shape index (κ3) is 4.47. The average Bonchev–Trinajstić information content (AvgIpc) is 3.46. The van der Waals surface area contributed by atoms with Gasteiger partial charge in [0.15, 0.2) is 0 Å². The van der Waals surface area contributed by atoms with E-state index in [1.165, 1.54) is 0 Å². The SMILES string of the molecule is Cc1noc(C)c1CCC(=O)N1CCC(C(=O)NCCc2nc3ccccc3n2C)C1. The third-order valence-electron chi connectivity index (χ3n) is 6.21. The molecule has 0 saturated carbocycles. The monoisotopic (exact) mass is 423 g/mol. The second kappa shape index (κ2) is 8.91. The number of imidazole rings is 1. The standard InChI is InChI=1S/C23H29N5O3/c1-15-18(16(2)31-26-15)8-9-22(29)28-13-11-17(14-28)23(30)24-12-10-21-25-19-6-4-5-7-20(19)27(21)3/h4-7,17H,8-14H2,1-3H3,(H,24,30). The molecule has 8 heteroatoms. The Kier molecular flexibility index (Phi) is 6.06. The molecule has 4 rings (SSSR count). The number of para-hydroxylation sites is 2. The van der Waals surface area contributed by atoms with E-state index in [0.29, 0.717) is 45.3 Å². The van der Waals surface area contributed by atoms with E-state index in [4.69, 9.17) is 4.52 Å². The van der Waals surface area contributed by atoms with E-state index < -0.39 is 0 Å². The first kappa shape index (κ1) is 21.1. The molecule has 1 aliphatic heterocycles. The molecule has 8 nitrogen and oxygen atoms in total. The molecule has 1 atom stereocenters. The number of benzene rings is 1. The second-order valence-electron chi connectivity index (χ2n) is 8.24. The molecule has 2 aromatic heterocycles. The van der Waals surface area contributed by atoms with E-state index in [0.717, 1.165) is 33.9 Å². The molecule has 1 unspecified atom stereocenters. The number of nitrogens with zero attached hydrogens (tertiary/aromatic N) is 4. The summed E-state index contributed by atoms with van der Waals surface area (Å²) in [6.07, 6.45) is 2.40. The van der Waals surface area contributed by atoms with Gasteiger partial charge in [-0.25, -0.2) is 4.98 Å². The van der Waals surface area contributed by atoms with E-state index in [1.54, 1.807) is 4.90 Å². The largest absolute Gasteiger partial charge is 0.361 e. The summed E-state index contributed by atoms with van der Waals surface area (Å²) >= 11 is 0. The number of rotatable bonds is 7. The van der Waals surface area contributed by atoms with Crippen molar-refractivity contribution in [1.29, 1.82) is 0 Å². The van der Waals surface area contributed by atoms with Crippen LogP contribution >= 0.6 is 0 Å². The molecule has 1 aliphatic rings. The number of hydrogen-bond acceptors (Lipinski definition) is 5. The van der Waals surface area contributed by atoms with Crippen LogP contribution in [0.4, 0.5) is 0 Å². The Labute approximate surface area is 181 Å². The quantitative estimate of drug-likeness (QED) is 0.630. The zero-order valence-corrected chi connectivity index (χ0v) is 18.4. The molecule has 31 heavy (non-hydrogen) atoms. The summed E-state index contributed by atoms with van der Waals surface area (Å²) in [7, 11) is 2.00. The molecule has 1 saturated heterocycles. The van der Waals surface area contributed by atoms with E-state index in [9.17, 15) is 9.59 Å². The van der Waals surface area contributed by atoms with Gasteiger partial charge in [-0.2, -0.15) is 0 Å². The fraction of sp³-hybridized carbons (Fsp3) is 0.478. The molecule has 164 valence electrons. The molecule has 1 aromatic carbocycles. The zero-order valence-electron chi connectivity index (χ0n) is 18.4. The fourth-order valence-corrected chi connectivity index (χ4v) is 4.31. The lowest BCUT2D eigenvalue weighted by Gasteiger charge is -2.16. The molecular formula is C23H29N5O3. The summed E-state index contributed by atoms with van der Waals surface area (Å²) in [4.78, 5) is 31.6. The van der Waals surface area contributed by atoms with Crippen LogP contribution in [-0.4, -0.2) is 51.1 Å². The molecule has 1 fully saturated rings. The Hall–Kier alpha value is -3.16. The van der Waals surface area contributed by atoms with Crippen LogP contribution in [0.25, 0.3) is 11.0 Å². The number of hydrogen-bond donors (Lipinski definition) is 1. The lowest BCUT2D eigenvalue weighted by atomic mass is 10.1. The summed E-state index contributed by atoms with van der Waals surface area (Å²) in [5.41, 5.74) is 3.89. The van der Waals surface area contributed by atoms with Crippen LogP contribution in [-0.2, 0) is 29.5 Å². The van der Waals surface area contributed by atoms with Gasteiger partial charge < -0.3 is 19.3 Å². The lowest BCUT2D eigenvalue weighted by molar-refractivity contribution is -0.130. The van der Waals surface area contributed by atoms with Crippen LogP contribution < -0.4 is 5.32 Å². The molecule has 0 radical (unpaired) electrons. The number of fused-ring (bicyclic) bond motifs is 1. The van der Waals surface area contributed by atoms with Gasteiger partial charge in [0.05, 0.1) is 22.6 Å². The van der Waals surface area contributed by atoms with Crippen molar-refractivity contribution in [3.05, 3.63) is 47.1 Å². The number of aromatic nitrogens is 3. The van der Waals surface area contributed by atoms with Crippen LogP contribution in [0.15, 0.2) is 28.8 Å². The summed E-state index contributed by atoms with van der Waals surface area (Å²) < 4.78 is 7.23. The van der Waals surface area contributed by atoms with Gasteiger partial charge in [-0.15, -0.1) is 0 Å². The Morgan fingerprint density at radius 3 is 2.77 bits per heavy atom. The molecule has 3 aromatic rings. The highest BCUT2D eigenvalue weighted by atomic mass is 16.5. The minimum absolute atomic E-state index is 0.0137. The van der Waals surface area contributed by atoms with Gasteiger partial charge in [-0.05, 0) is 38.8 Å². The maximum atomic E-state index is 12.6. The molecule has 0 bridgehead atoms. The predicted molar refractivity (Wildman–Crippen MR) is 116 cm³/mol. The Bertz CT molecular complexity index is 1080. The maximum Gasteiger partial charge on any atom is 0.224 e. The van der Waals surface area contributed by atoms with E-state index in [1.807, 2.05) is 45.2 Å². The fourth-order valence-electron chi connectivity index (χ4n) is 4.31. The molecule has 0 spiro atoms. The van der Waals surface area contributed by atoms with E-state index >= 15 is 0 Å². The maximum absolute atomic E-state index is 12.6. The van der Waals surface area contributed by atoms with Gasteiger partial charge >= 0.3 is 0 Å². The van der Waals surface area contributed by atoms with Crippen molar-refractivity contribution < 1.29 is 14.1 Å². The average molecular weight is 424 g/mol. The summed E-state index contributed by atoms with van der Waals surface area (Å²) in [5.74, 6) is 1.66. The van der Waals surface area contributed by atoms with Gasteiger partial charge in [0.2, 0.25) is 11.8 Å². The number of amides is 2. The number of carbonyl (C=O) groups is 2. The zero-order chi connectivity index (χ0) is 22.0. The smallest absolute Gasteiger partial charge is 0.224 e. The number of carbonyl (C=O) groups excluding carboxylic acids is 2. The van der Waals surface area contributed by atoms with Gasteiger partial charge in [-0.3, -0.25) is 9.59 Å². The van der Waals surface area contributed by atoms with Gasteiger partial charge in [0, 0.05) is 45.1 Å². The number of aryl methyl sites for hydroxylation is 3. The van der Waals surface area contributed by atoms with Crippen molar-refractivity contribution in [2.75, 3.05) is 19.6 Å². The minimum Gasteiger partial charge on any atom is -0.361 e.